The minimum absolute atomic E-state index is 0.0545. The van der Waals surface area contributed by atoms with Crippen molar-refractivity contribution in [2.75, 3.05) is 18.8 Å². The van der Waals surface area contributed by atoms with Crippen molar-refractivity contribution in [3.63, 3.8) is 0 Å². The van der Waals surface area contributed by atoms with E-state index < -0.39 is 88.2 Å². The van der Waals surface area contributed by atoms with Crippen LogP contribution in [0.1, 0.15) is 59.3 Å². The predicted octanol–water partition coefficient (Wildman–Crippen LogP) is -0.177. The van der Waals surface area contributed by atoms with Crippen molar-refractivity contribution >= 4 is 75.7 Å². The average Bonchev–Trinajstić information content (AvgIpc) is 4.05. The Hall–Kier alpha value is -8.32. The molecule has 0 bridgehead atoms. The molecule has 0 fully saturated rings. The summed E-state index contributed by atoms with van der Waals surface area (Å²) in [6.07, 6.45) is 5.19. The number of hydrogen-bond donors (Lipinski definition) is 12. The Bertz CT molecular complexity index is 2790. The number of imidazole rings is 1. The molecule has 3 aromatic carbocycles. The molecule has 73 heavy (non-hydrogen) atoms. The lowest BCUT2D eigenvalue weighted by molar-refractivity contribution is -0.384. The number of primary amides is 1. The highest BCUT2D eigenvalue weighted by molar-refractivity contribution is 7.99. The largest absolute Gasteiger partial charge is 0.370 e. The van der Waals surface area contributed by atoms with Gasteiger partial charge in [0.2, 0.25) is 35.4 Å². The molecule has 0 unspecified atom stereocenters. The van der Waals surface area contributed by atoms with Crippen LogP contribution in [0.3, 0.4) is 0 Å². The maximum absolute atomic E-state index is 14.8. The molecule has 0 saturated carbocycles. The van der Waals surface area contributed by atoms with Crippen LogP contribution in [0.25, 0.3) is 10.9 Å². The molecule has 24 nitrogen and oxygen atoms in total. The molecule has 3 heterocycles. The summed E-state index contributed by atoms with van der Waals surface area (Å²) < 4.78 is 0. The number of nitrogens with zero attached hydrogens (tertiary/aromatic N) is 3. The van der Waals surface area contributed by atoms with Crippen molar-refractivity contribution in [2.24, 2.45) is 27.9 Å². The molecule has 25 heteroatoms. The van der Waals surface area contributed by atoms with Gasteiger partial charge in [0.25, 0.3) is 11.6 Å². The van der Waals surface area contributed by atoms with Crippen LogP contribution in [0.15, 0.2) is 101 Å². The third kappa shape index (κ3) is 15.6. The van der Waals surface area contributed by atoms with Crippen LogP contribution >= 0.6 is 11.8 Å². The standard InChI is InChI=1S/C48H59N15O9S/c49-17-7-6-13-34(41(50)64)57-47(70)39-25-73-40-16-15-30(63(71)72)22-32(40)42(65)59-38(21-29-24-53-26-56-29)46(69)60-36(19-27-9-2-1-3-10-27)44(67)58-35(14-8-18-54-48(51)52)43(66)61-37(45(68)62-39)20-28-23-55-33-12-5-4-11-31(28)33/h1-5,9-12,15-16,22-24,26,34-39,55H,6-8,13-14,17-21,25,49H2,(H2,50,64)(H,53,56)(H,57,70)(H,58,67)(H,59,65)(H,60,69)(H,61,66)(H,62,68)(H4,51,52,54)/t34-,35-,36+,37-,38-,39-/m0/s1. The molecule has 0 spiro atoms. The van der Waals surface area contributed by atoms with E-state index in [0.29, 0.717) is 36.2 Å². The summed E-state index contributed by atoms with van der Waals surface area (Å²) in [5.74, 6) is -6.55. The molecule has 6 atom stereocenters. The van der Waals surface area contributed by atoms with Crippen molar-refractivity contribution in [3.8, 4) is 0 Å². The topological polar surface area (TPSA) is 396 Å². The number of nitro groups is 1. The Morgan fingerprint density at radius 1 is 0.795 bits per heavy atom. The van der Waals surface area contributed by atoms with E-state index in [0.717, 1.165) is 34.8 Å². The van der Waals surface area contributed by atoms with Crippen LogP contribution in [0.5, 0.6) is 0 Å². The quantitative estimate of drug-likeness (QED) is 0.0178. The number of non-ortho nitro benzene ring substituents is 1. The number of nitrogens with one attached hydrogen (secondary N) is 8. The van der Waals surface area contributed by atoms with Crippen molar-refractivity contribution in [1.29, 1.82) is 0 Å². The van der Waals surface area contributed by atoms with E-state index in [9.17, 15) is 43.7 Å². The van der Waals surface area contributed by atoms with Crippen LogP contribution < -0.4 is 54.8 Å². The van der Waals surface area contributed by atoms with Gasteiger partial charge in [-0.05, 0) is 61.9 Å². The lowest BCUT2D eigenvalue weighted by atomic mass is 10.0. The molecule has 16 N–H and O–H groups in total. The normalized spacial score (nSPS) is 19.5. The number of carbonyl (C=O) groups excluding carboxylic acids is 7. The number of benzene rings is 3. The third-order valence-corrected chi connectivity index (χ3v) is 13.1. The van der Waals surface area contributed by atoms with Gasteiger partial charge in [0.15, 0.2) is 5.96 Å². The van der Waals surface area contributed by atoms with E-state index in [1.165, 1.54) is 18.6 Å². The van der Waals surface area contributed by atoms with Gasteiger partial charge in [0.05, 0.1) is 16.8 Å². The number of aromatic nitrogens is 3. The molecular weight excluding hydrogens is 963 g/mol. The molecule has 7 amide bonds. The number of H-pyrrole nitrogens is 2. The first-order valence-electron chi connectivity index (χ1n) is 23.4. The first-order chi connectivity index (χ1) is 35.1. The molecule has 0 saturated heterocycles. The van der Waals surface area contributed by atoms with E-state index in [2.05, 4.69) is 51.8 Å². The molecule has 0 aliphatic carbocycles. The average molecular weight is 1020 g/mol. The highest BCUT2D eigenvalue weighted by Crippen LogP contribution is 2.28. The van der Waals surface area contributed by atoms with Gasteiger partial charge in [0, 0.05) is 77.6 Å². The van der Waals surface area contributed by atoms with E-state index in [4.69, 9.17) is 22.9 Å². The number of para-hydroxylation sites is 1. The predicted molar refractivity (Wildman–Crippen MR) is 271 cm³/mol. The van der Waals surface area contributed by atoms with Gasteiger partial charge in [-0.25, -0.2) is 4.98 Å². The van der Waals surface area contributed by atoms with E-state index >= 15 is 0 Å². The minimum Gasteiger partial charge on any atom is -0.370 e. The van der Waals surface area contributed by atoms with Crippen molar-refractivity contribution in [2.45, 2.75) is 92.5 Å². The second-order valence-corrected chi connectivity index (χ2v) is 18.3. The number of rotatable bonds is 18. The molecule has 1 aliphatic heterocycles. The summed E-state index contributed by atoms with van der Waals surface area (Å²) in [5.41, 5.74) is 24.2. The van der Waals surface area contributed by atoms with Gasteiger partial charge in [-0.3, -0.25) is 48.7 Å². The summed E-state index contributed by atoms with van der Waals surface area (Å²) in [6, 6.07) is 11.1. The third-order valence-electron chi connectivity index (χ3n) is 11.9. The Morgan fingerprint density at radius 3 is 2.15 bits per heavy atom. The zero-order valence-corrected chi connectivity index (χ0v) is 40.5. The Labute approximate surface area is 423 Å². The number of hydrogen-bond acceptors (Lipinski definition) is 13. The molecule has 1 aliphatic rings. The van der Waals surface area contributed by atoms with Gasteiger partial charge >= 0.3 is 0 Å². The van der Waals surface area contributed by atoms with Gasteiger partial charge in [0.1, 0.15) is 36.3 Å². The smallest absolute Gasteiger partial charge is 0.270 e. The molecular formula is C48H59N15O9S. The SMILES string of the molecule is NCCCC[C@H](NC(=O)[C@@H]1CSc2ccc([N+](=O)[O-])cc2C(=O)N[C@@H](Cc2cnc[nH]2)C(=O)N[C@H](Cc2ccccc2)C(=O)N[C@@H](CCCN=C(N)N)C(=O)N[C@@H](Cc2c[nH]c3ccccc23)C(=O)N1)C(N)=O. The summed E-state index contributed by atoms with van der Waals surface area (Å²) in [6.45, 7) is 0.367. The number of guanidine groups is 1. The second kappa shape index (κ2) is 26.2. The lowest BCUT2D eigenvalue weighted by Crippen LogP contribution is -2.60. The molecule has 5 aromatic rings. The van der Waals surface area contributed by atoms with E-state index in [1.807, 2.05) is 18.2 Å². The number of unbranched alkanes of at least 4 members (excludes halogenated alkanes) is 1. The highest BCUT2D eigenvalue weighted by atomic mass is 32.2. The number of aromatic amines is 2. The number of thioether (sulfide) groups is 1. The fourth-order valence-electron chi connectivity index (χ4n) is 8.05. The zero-order valence-electron chi connectivity index (χ0n) is 39.6. The van der Waals surface area contributed by atoms with Gasteiger partial charge in [-0.1, -0.05) is 48.5 Å². The van der Waals surface area contributed by atoms with Gasteiger partial charge in [-0.15, -0.1) is 11.8 Å². The molecule has 2 aromatic heterocycles. The second-order valence-electron chi connectivity index (χ2n) is 17.3. The zero-order chi connectivity index (χ0) is 52.4. The first-order valence-corrected chi connectivity index (χ1v) is 24.4. The highest BCUT2D eigenvalue weighted by Gasteiger charge is 2.35. The Balaban J connectivity index is 1.47. The van der Waals surface area contributed by atoms with Crippen LogP contribution in [0, 0.1) is 10.1 Å². The van der Waals surface area contributed by atoms with Gasteiger partial charge in [-0.2, -0.15) is 0 Å². The van der Waals surface area contributed by atoms with Crippen LogP contribution in [0.2, 0.25) is 0 Å². The number of fused-ring (bicyclic) bond motifs is 2. The van der Waals surface area contributed by atoms with E-state index in [1.54, 1.807) is 42.6 Å². The van der Waals surface area contributed by atoms with Crippen molar-refractivity contribution < 1.29 is 38.5 Å². The lowest BCUT2D eigenvalue weighted by Gasteiger charge is -2.27. The first kappa shape index (κ1) is 54.0. The van der Waals surface area contributed by atoms with Crippen LogP contribution in [0.4, 0.5) is 5.69 Å². The molecule has 386 valence electrons. The van der Waals surface area contributed by atoms with Gasteiger partial charge < -0.3 is 64.8 Å². The minimum atomic E-state index is -1.52. The fourth-order valence-corrected chi connectivity index (χ4v) is 9.11. The Kier molecular flexibility index (Phi) is 19.4. The number of nitro benzene ring substituents is 1. The van der Waals surface area contributed by atoms with Crippen molar-refractivity contribution in [3.05, 3.63) is 124 Å². The summed E-state index contributed by atoms with van der Waals surface area (Å²) in [5, 5.41) is 29.2. The number of carbonyl (C=O) groups is 7. The van der Waals surface area contributed by atoms with E-state index in [-0.39, 0.29) is 67.2 Å². The maximum Gasteiger partial charge on any atom is 0.270 e. The fraction of sp³-hybridized carbons (Fsp3) is 0.354. The number of aliphatic imine (C=N–C) groups is 1. The van der Waals surface area contributed by atoms with Crippen LogP contribution in [-0.2, 0) is 48.0 Å². The summed E-state index contributed by atoms with van der Waals surface area (Å²) in [7, 11) is 0. The molecule has 6 rings (SSSR count). The monoisotopic (exact) mass is 1020 g/mol. The number of nitrogens with two attached hydrogens (primary N) is 4. The summed E-state index contributed by atoms with van der Waals surface area (Å²) in [4.78, 5) is 126. The van der Waals surface area contributed by atoms with Crippen LogP contribution in [-0.4, -0.2) is 122 Å². The number of amides is 7. The maximum atomic E-state index is 14.8. The molecule has 0 radical (unpaired) electrons. The Morgan fingerprint density at radius 2 is 1.47 bits per heavy atom. The van der Waals surface area contributed by atoms with Crippen molar-refractivity contribution in [1.82, 2.24) is 46.9 Å². The summed E-state index contributed by atoms with van der Waals surface area (Å²) >= 11 is 0.861.